The molecule has 0 saturated heterocycles. The molecule has 0 nitrogen and oxygen atoms in total. The highest BCUT2D eigenvalue weighted by Gasteiger charge is 2.14. The van der Waals surface area contributed by atoms with Crippen molar-refractivity contribution in [2.75, 3.05) is 0 Å². The Morgan fingerprint density at radius 1 is 0.773 bits per heavy atom. The Labute approximate surface area is 125 Å². The van der Waals surface area contributed by atoms with Crippen LogP contribution in [-0.2, 0) is 6.42 Å². The molecule has 0 spiro atoms. The number of fused-ring (bicyclic) bond motifs is 1. The van der Waals surface area contributed by atoms with Gasteiger partial charge >= 0.3 is 0 Å². The molecule has 0 aliphatic rings. The van der Waals surface area contributed by atoms with E-state index in [0.29, 0.717) is 17.5 Å². The highest BCUT2D eigenvalue weighted by atomic mass is 19.2. The van der Waals surface area contributed by atoms with Gasteiger partial charge in [-0.1, -0.05) is 31.2 Å². The van der Waals surface area contributed by atoms with Crippen molar-refractivity contribution in [3.05, 3.63) is 71.3 Å². The van der Waals surface area contributed by atoms with Crippen molar-refractivity contribution >= 4 is 10.8 Å². The lowest BCUT2D eigenvalue weighted by atomic mass is 9.99. The first kappa shape index (κ1) is 14.6. The van der Waals surface area contributed by atoms with Gasteiger partial charge in [0.25, 0.3) is 0 Å². The zero-order valence-corrected chi connectivity index (χ0v) is 11.8. The Kier molecular flexibility index (Phi) is 3.61. The van der Waals surface area contributed by atoms with Gasteiger partial charge in [-0.05, 0) is 41.1 Å². The molecule has 0 heterocycles. The lowest BCUT2D eigenvalue weighted by molar-refractivity contribution is 0.453. The molecule has 0 bridgehead atoms. The molecule has 0 fully saturated rings. The maximum atomic E-state index is 14.1. The van der Waals surface area contributed by atoms with Gasteiger partial charge in [0.2, 0.25) is 0 Å². The molecule has 3 rings (SSSR count). The Hall–Kier alpha value is -2.36. The standard InChI is InChI=1S/C18H12F4/c1-2-10-3-5-13(15(19)7-10)11-4-6-14-12(8-11)9-16(20)18(22)17(14)21/h3-9H,2H2,1H3. The molecule has 0 amide bonds. The molecule has 0 atom stereocenters. The highest BCUT2D eigenvalue weighted by Crippen LogP contribution is 2.30. The average Bonchev–Trinajstić information content (AvgIpc) is 2.52. The number of rotatable bonds is 2. The van der Waals surface area contributed by atoms with Crippen molar-refractivity contribution in [2.45, 2.75) is 13.3 Å². The third kappa shape index (κ3) is 2.34. The van der Waals surface area contributed by atoms with Gasteiger partial charge in [0.1, 0.15) is 5.82 Å². The van der Waals surface area contributed by atoms with Crippen LogP contribution in [0.5, 0.6) is 0 Å². The number of benzene rings is 3. The van der Waals surface area contributed by atoms with Crippen molar-refractivity contribution in [3.8, 4) is 11.1 Å². The van der Waals surface area contributed by atoms with Gasteiger partial charge in [0.15, 0.2) is 17.5 Å². The molecule has 0 aliphatic carbocycles. The fourth-order valence-electron chi connectivity index (χ4n) is 2.49. The Bertz CT molecular complexity index is 869. The minimum absolute atomic E-state index is 0.0340. The van der Waals surface area contributed by atoms with Crippen molar-refractivity contribution in [2.24, 2.45) is 0 Å². The molecule has 0 radical (unpaired) electrons. The van der Waals surface area contributed by atoms with Crippen LogP contribution in [-0.4, -0.2) is 0 Å². The maximum absolute atomic E-state index is 14.1. The Morgan fingerprint density at radius 2 is 1.55 bits per heavy atom. The van der Waals surface area contributed by atoms with Gasteiger partial charge in [0.05, 0.1) is 0 Å². The van der Waals surface area contributed by atoms with Gasteiger partial charge in [-0.25, -0.2) is 17.6 Å². The average molecular weight is 304 g/mol. The van der Waals surface area contributed by atoms with Crippen LogP contribution in [0.3, 0.4) is 0 Å². The fraction of sp³-hybridized carbons (Fsp3) is 0.111. The number of halogens is 4. The minimum atomic E-state index is -1.50. The summed E-state index contributed by atoms with van der Waals surface area (Å²) in [4.78, 5) is 0. The first-order valence-corrected chi connectivity index (χ1v) is 6.87. The van der Waals surface area contributed by atoms with Crippen LogP contribution >= 0.6 is 0 Å². The molecule has 112 valence electrons. The smallest absolute Gasteiger partial charge is 0.195 e. The molecular weight excluding hydrogens is 292 g/mol. The second kappa shape index (κ2) is 5.44. The highest BCUT2D eigenvalue weighted by molar-refractivity contribution is 5.88. The van der Waals surface area contributed by atoms with E-state index in [1.54, 1.807) is 12.1 Å². The minimum Gasteiger partial charge on any atom is -0.206 e. The molecule has 0 N–H and O–H groups in total. The summed E-state index contributed by atoms with van der Waals surface area (Å²) >= 11 is 0. The van der Waals surface area contributed by atoms with E-state index in [2.05, 4.69) is 0 Å². The van der Waals surface area contributed by atoms with E-state index in [0.717, 1.165) is 11.6 Å². The third-order valence-electron chi connectivity index (χ3n) is 3.73. The largest absolute Gasteiger partial charge is 0.206 e. The van der Waals surface area contributed by atoms with E-state index in [-0.39, 0.29) is 10.8 Å². The summed E-state index contributed by atoms with van der Waals surface area (Å²) in [5.41, 5.74) is 1.68. The summed E-state index contributed by atoms with van der Waals surface area (Å²) < 4.78 is 54.4. The molecule has 3 aromatic carbocycles. The van der Waals surface area contributed by atoms with Crippen molar-refractivity contribution in [3.63, 3.8) is 0 Å². The van der Waals surface area contributed by atoms with E-state index >= 15 is 0 Å². The molecule has 0 saturated carbocycles. The Morgan fingerprint density at radius 3 is 2.23 bits per heavy atom. The number of hydrogen-bond acceptors (Lipinski definition) is 0. The van der Waals surface area contributed by atoms with Crippen LogP contribution in [0.4, 0.5) is 17.6 Å². The van der Waals surface area contributed by atoms with Gasteiger partial charge in [-0.3, -0.25) is 0 Å². The van der Waals surface area contributed by atoms with Crippen LogP contribution < -0.4 is 0 Å². The summed E-state index contributed by atoms with van der Waals surface area (Å²) in [7, 11) is 0. The van der Waals surface area contributed by atoms with E-state index in [1.807, 2.05) is 6.92 Å². The van der Waals surface area contributed by atoms with Gasteiger partial charge in [0, 0.05) is 10.9 Å². The van der Waals surface area contributed by atoms with E-state index in [4.69, 9.17) is 0 Å². The lowest BCUT2D eigenvalue weighted by Crippen LogP contribution is -1.93. The predicted molar refractivity (Wildman–Crippen MR) is 78.6 cm³/mol. The monoisotopic (exact) mass is 304 g/mol. The maximum Gasteiger partial charge on any atom is 0.195 e. The van der Waals surface area contributed by atoms with Gasteiger partial charge < -0.3 is 0 Å². The second-order valence-electron chi connectivity index (χ2n) is 5.09. The van der Waals surface area contributed by atoms with Crippen molar-refractivity contribution in [1.82, 2.24) is 0 Å². The molecular formula is C18H12F4. The van der Waals surface area contributed by atoms with E-state index in [9.17, 15) is 17.6 Å². The topological polar surface area (TPSA) is 0 Å². The normalized spacial score (nSPS) is 11.1. The van der Waals surface area contributed by atoms with Gasteiger partial charge in [-0.2, -0.15) is 0 Å². The van der Waals surface area contributed by atoms with Crippen LogP contribution in [0.15, 0.2) is 42.5 Å². The zero-order chi connectivity index (χ0) is 15.9. The first-order valence-electron chi connectivity index (χ1n) is 6.87. The van der Waals surface area contributed by atoms with Crippen molar-refractivity contribution < 1.29 is 17.6 Å². The molecule has 22 heavy (non-hydrogen) atoms. The summed E-state index contributed by atoms with van der Waals surface area (Å²) in [5, 5.41) is 0.154. The fourth-order valence-corrected chi connectivity index (χ4v) is 2.49. The SMILES string of the molecule is CCc1ccc(-c2ccc3c(F)c(F)c(F)cc3c2)c(F)c1. The third-order valence-corrected chi connectivity index (χ3v) is 3.73. The molecule has 0 aromatic heterocycles. The number of hydrogen-bond donors (Lipinski definition) is 0. The first-order chi connectivity index (χ1) is 10.5. The van der Waals surface area contributed by atoms with E-state index in [1.165, 1.54) is 24.3 Å². The van der Waals surface area contributed by atoms with Crippen LogP contribution in [0, 0.1) is 23.3 Å². The molecule has 4 heteroatoms. The summed E-state index contributed by atoms with van der Waals surface area (Å²) in [6.07, 6.45) is 0.713. The molecule has 3 aromatic rings. The van der Waals surface area contributed by atoms with Crippen LogP contribution in [0.1, 0.15) is 12.5 Å². The summed E-state index contributed by atoms with van der Waals surface area (Å²) in [6.45, 7) is 1.92. The lowest BCUT2D eigenvalue weighted by Gasteiger charge is -2.08. The molecule has 0 aliphatic heterocycles. The number of aryl methyl sites for hydroxylation is 1. The second-order valence-corrected chi connectivity index (χ2v) is 5.09. The van der Waals surface area contributed by atoms with Crippen molar-refractivity contribution in [1.29, 1.82) is 0 Å². The summed E-state index contributed by atoms with van der Waals surface area (Å²) in [5.74, 6) is -4.40. The quantitative estimate of drug-likeness (QED) is 0.425. The predicted octanol–water partition coefficient (Wildman–Crippen LogP) is 5.63. The van der Waals surface area contributed by atoms with Crippen LogP contribution in [0.25, 0.3) is 21.9 Å². The van der Waals surface area contributed by atoms with Gasteiger partial charge in [-0.15, -0.1) is 0 Å². The van der Waals surface area contributed by atoms with Crippen LogP contribution in [0.2, 0.25) is 0 Å². The Balaban J connectivity index is 2.19. The summed E-state index contributed by atoms with van der Waals surface area (Å²) in [6, 6.07) is 10.0. The zero-order valence-electron chi connectivity index (χ0n) is 11.8. The molecule has 0 unspecified atom stereocenters. The van der Waals surface area contributed by atoms with E-state index < -0.39 is 23.3 Å².